The smallest absolute Gasteiger partial charge is 0.311 e. The Kier molecular flexibility index (Phi) is 6.17. The van der Waals surface area contributed by atoms with Crippen LogP contribution < -0.4 is 5.32 Å². The van der Waals surface area contributed by atoms with Crippen LogP contribution in [-0.2, 0) is 20.7 Å². The summed E-state index contributed by atoms with van der Waals surface area (Å²) in [7, 11) is 0. The Bertz CT molecular complexity index is 747. The number of rotatable bonds is 5. The van der Waals surface area contributed by atoms with Crippen LogP contribution >= 0.6 is 23.2 Å². The van der Waals surface area contributed by atoms with E-state index >= 15 is 0 Å². The van der Waals surface area contributed by atoms with Crippen LogP contribution in [0, 0.1) is 5.82 Å². The largest absolute Gasteiger partial charge is 0.452 e. The second kappa shape index (κ2) is 8.13. The summed E-state index contributed by atoms with van der Waals surface area (Å²) >= 11 is 12.0. The zero-order chi connectivity index (χ0) is 17.7. The van der Waals surface area contributed by atoms with E-state index in [0.717, 1.165) is 0 Å². The van der Waals surface area contributed by atoms with Gasteiger partial charge in [0, 0.05) is 15.6 Å². The Hall–Kier alpha value is -2.11. The van der Waals surface area contributed by atoms with Gasteiger partial charge >= 0.3 is 5.97 Å². The van der Waals surface area contributed by atoms with Gasteiger partial charge in [0.05, 0.1) is 12.1 Å². The molecule has 1 atom stereocenters. The SMILES string of the molecule is C[C@H](OC(=O)Cc1c(Cl)cccc1Cl)C(=O)Nc1ccccc1F. The second-order valence-electron chi connectivity index (χ2n) is 4.98. The van der Waals surface area contributed by atoms with Crippen molar-refractivity contribution in [1.82, 2.24) is 0 Å². The molecular formula is C17H14Cl2FNO3. The molecule has 0 spiro atoms. The average molecular weight is 370 g/mol. The van der Waals surface area contributed by atoms with Crippen LogP contribution in [0.4, 0.5) is 10.1 Å². The van der Waals surface area contributed by atoms with E-state index in [9.17, 15) is 14.0 Å². The third-order valence-electron chi connectivity index (χ3n) is 3.19. The topological polar surface area (TPSA) is 55.4 Å². The van der Waals surface area contributed by atoms with Crippen molar-refractivity contribution < 1.29 is 18.7 Å². The summed E-state index contributed by atoms with van der Waals surface area (Å²) in [5, 5.41) is 3.03. The van der Waals surface area contributed by atoms with E-state index in [1.165, 1.54) is 25.1 Å². The van der Waals surface area contributed by atoms with Gasteiger partial charge in [-0.3, -0.25) is 9.59 Å². The summed E-state index contributed by atoms with van der Waals surface area (Å²) in [5.74, 6) is -1.88. The van der Waals surface area contributed by atoms with Crippen LogP contribution in [0.15, 0.2) is 42.5 Å². The first kappa shape index (κ1) is 18.2. The van der Waals surface area contributed by atoms with Crippen molar-refractivity contribution in [2.24, 2.45) is 0 Å². The molecule has 1 N–H and O–H groups in total. The van der Waals surface area contributed by atoms with Crippen molar-refractivity contribution in [2.45, 2.75) is 19.4 Å². The number of ether oxygens (including phenoxy) is 1. The normalized spacial score (nSPS) is 11.7. The van der Waals surface area contributed by atoms with Crippen molar-refractivity contribution in [2.75, 3.05) is 5.32 Å². The molecule has 7 heteroatoms. The fourth-order valence-corrected chi connectivity index (χ4v) is 2.47. The molecule has 0 aliphatic rings. The van der Waals surface area contributed by atoms with E-state index in [1.807, 2.05) is 0 Å². The number of nitrogens with one attached hydrogen (secondary N) is 1. The molecule has 2 aromatic carbocycles. The quantitative estimate of drug-likeness (QED) is 0.801. The zero-order valence-electron chi connectivity index (χ0n) is 12.7. The predicted molar refractivity (Wildman–Crippen MR) is 90.7 cm³/mol. The van der Waals surface area contributed by atoms with Crippen molar-refractivity contribution in [3.05, 3.63) is 63.9 Å². The second-order valence-corrected chi connectivity index (χ2v) is 5.79. The lowest BCUT2D eigenvalue weighted by molar-refractivity contribution is -0.152. The first-order valence-corrected chi connectivity index (χ1v) is 7.82. The maximum atomic E-state index is 13.5. The van der Waals surface area contributed by atoms with Gasteiger partial charge in [-0.25, -0.2) is 4.39 Å². The average Bonchev–Trinajstić information content (AvgIpc) is 2.53. The van der Waals surface area contributed by atoms with Gasteiger partial charge in [-0.1, -0.05) is 41.4 Å². The van der Waals surface area contributed by atoms with E-state index in [2.05, 4.69) is 5.32 Å². The number of hydrogen-bond acceptors (Lipinski definition) is 3. The Labute approximate surface area is 148 Å². The van der Waals surface area contributed by atoms with Crippen molar-refractivity contribution >= 4 is 40.8 Å². The van der Waals surface area contributed by atoms with Crippen LogP contribution in [0.3, 0.4) is 0 Å². The zero-order valence-corrected chi connectivity index (χ0v) is 14.2. The summed E-state index contributed by atoms with van der Waals surface area (Å²) in [6.07, 6.45) is -1.27. The minimum Gasteiger partial charge on any atom is -0.452 e. The molecule has 24 heavy (non-hydrogen) atoms. The Morgan fingerprint density at radius 3 is 2.38 bits per heavy atom. The van der Waals surface area contributed by atoms with E-state index in [1.54, 1.807) is 24.3 Å². The third kappa shape index (κ3) is 4.69. The van der Waals surface area contributed by atoms with Gasteiger partial charge in [0.25, 0.3) is 5.91 Å². The molecule has 0 aromatic heterocycles. The van der Waals surface area contributed by atoms with Gasteiger partial charge in [0.2, 0.25) is 0 Å². The van der Waals surface area contributed by atoms with Crippen LogP contribution in [0.1, 0.15) is 12.5 Å². The summed E-state index contributed by atoms with van der Waals surface area (Å²) in [4.78, 5) is 23.9. The van der Waals surface area contributed by atoms with Gasteiger partial charge in [-0.15, -0.1) is 0 Å². The standard InChI is InChI=1S/C17H14Cl2FNO3/c1-10(17(23)21-15-8-3-2-7-14(15)20)24-16(22)9-11-12(18)5-4-6-13(11)19/h2-8,10H,9H2,1H3,(H,21,23)/t10-/m0/s1. The number of hydrogen-bond donors (Lipinski definition) is 1. The van der Waals surface area contributed by atoms with E-state index in [0.29, 0.717) is 15.6 Å². The fraction of sp³-hybridized carbons (Fsp3) is 0.176. The molecule has 4 nitrogen and oxygen atoms in total. The van der Waals surface area contributed by atoms with Crippen molar-refractivity contribution in [3.63, 3.8) is 0 Å². The highest BCUT2D eigenvalue weighted by Crippen LogP contribution is 2.25. The number of anilines is 1. The maximum absolute atomic E-state index is 13.5. The molecule has 0 bridgehead atoms. The summed E-state index contributed by atoms with van der Waals surface area (Å²) < 4.78 is 18.5. The number of esters is 1. The number of para-hydroxylation sites is 1. The minimum atomic E-state index is -1.10. The molecule has 2 aromatic rings. The van der Waals surface area contributed by atoms with Gasteiger partial charge in [-0.05, 0) is 31.2 Å². The van der Waals surface area contributed by atoms with Crippen LogP contribution in [0.25, 0.3) is 0 Å². The number of amides is 1. The van der Waals surface area contributed by atoms with Crippen LogP contribution in [-0.4, -0.2) is 18.0 Å². The van der Waals surface area contributed by atoms with Crippen LogP contribution in [0.5, 0.6) is 0 Å². The Morgan fingerprint density at radius 1 is 1.12 bits per heavy atom. The molecule has 0 unspecified atom stereocenters. The van der Waals surface area contributed by atoms with Gasteiger partial charge in [-0.2, -0.15) is 0 Å². The third-order valence-corrected chi connectivity index (χ3v) is 3.90. The molecule has 0 saturated carbocycles. The lowest BCUT2D eigenvalue weighted by Crippen LogP contribution is -2.30. The minimum absolute atomic E-state index is 0.0135. The molecule has 2 rings (SSSR count). The summed E-state index contributed by atoms with van der Waals surface area (Å²) in [5.41, 5.74) is 0.437. The van der Waals surface area contributed by atoms with Gasteiger partial charge < -0.3 is 10.1 Å². The molecule has 0 fully saturated rings. The Morgan fingerprint density at radius 2 is 1.75 bits per heavy atom. The molecular weight excluding hydrogens is 356 g/mol. The molecule has 0 aliphatic heterocycles. The van der Waals surface area contributed by atoms with E-state index < -0.39 is 23.8 Å². The molecule has 0 aliphatic carbocycles. The number of halogens is 3. The highest BCUT2D eigenvalue weighted by Gasteiger charge is 2.20. The number of benzene rings is 2. The number of carbonyl (C=O) groups excluding carboxylic acids is 2. The first-order chi connectivity index (χ1) is 11.4. The summed E-state index contributed by atoms with van der Waals surface area (Å²) in [6.45, 7) is 1.39. The molecule has 126 valence electrons. The molecule has 1 amide bonds. The van der Waals surface area contributed by atoms with E-state index in [4.69, 9.17) is 27.9 Å². The monoisotopic (exact) mass is 369 g/mol. The Balaban J connectivity index is 1.96. The first-order valence-electron chi connectivity index (χ1n) is 7.06. The predicted octanol–water partition coefficient (Wildman–Crippen LogP) is 4.25. The molecule has 0 saturated heterocycles. The lowest BCUT2D eigenvalue weighted by Gasteiger charge is -2.14. The highest BCUT2D eigenvalue weighted by atomic mass is 35.5. The molecule has 0 radical (unpaired) electrons. The maximum Gasteiger partial charge on any atom is 0.311 e. The fourth-order valence-electron chi connectivity index (χ4n) is 1.93. The van der Waals surface area contributed by atoms with Gasteiger partial charge in [0.15, 0.2) is 6.10 Å². The lowest BCUT2D eigenvalue weighted by atomic mass is 10.1. The van der Waals surface area contributed by atoms with Crippen LogP contribution in [0.2, 0.25) is 10.0 Å². The number of carbonyl (C=O) groups is 2. The molecule has 0 heterocycles. The van der Waals surface area contributed by atoms with Crippen molar-refractivity contribution in [1.29, 1.82) is 0 Å². The summed E-state index contributed by atoms with van der Waals surface area (Å²) in [6, 6.07) is 10.6. The van der Waals surface area contributed by atoms with E-state index in [-0.39, 0.29) is 12.1 Å². The highest BCUT2D eigenvalue weighted by molar-refractivity contribution is 6.36. The van der Waals surface area contributed by atoms with Gasteiger partial charge in [0.1, 0.15) is 5.82 Å². The van der Waals surface area contributed by atoms with Crippen molar-refractivity contribution in [3.8, 4) is 0 Å².